The summed E-state index contributed by atoms with van der Waals surface area (Å²) in [7, 11) is 1.87. The molecule has 1 saturated carbocycles. The molecule has 7 nitrogen and oxygen atoms in total. The maximum atomic E-state index is 13.7. The quantitative estimate of drug-likeness (QED) is 0.482. The van der Waals surface area contributed by atoms with E-state index in [4.69, 9.17) is 0 Å². The number of aliphatic hydroxyl groups is 1. The van der Waals surface area contributed by atoms with E-state index in [0.29, 0.717) is 31.3 Å². The van der Waals surface area contributed by atoms with E-state index in [0.717, 1.165) is 42.5 Å². The zero-order valence-corrected chi connectivity index (χ0v) is 18.9. The van der Waals surface area contributed by atoms with Crippen LogP contribution in [-0.4, -0.2) is 70.1 Å². The molecule has 1 fully saturated rings. The molecule has 0 aliphatic heterocycles. The van der Waals surface area contributed by atoms with Crippen LogP contribution in [0.2, 0.25) is 0 Å². The average Bonchev–Trinajstić information content (AvgIpc) is 2.80. The maximum absolute atomic E-state index is 13.7. The molecule has 9 heteroatoms. The van der Waals surface area contributed by atoms with Crippen LogP contribution in [0, 0.1) is 0 Å². The third kappa shape index (κ3) is 7.06. The molecule has 3 N–H and O–H groups in total. The van der Waals surface area contributed by atoms with Crippen LogP contribution in [-0.2, 0) is 6.54 Å². The zero-order chi connectivity index (χ0) is 22.9. The van der Waals surface area contributed by atoms with E-state index in [9.17, 15) is 13.9 Å². The van der Waals surface area contributed by atoms with Gasteiger partial charge in [-0.3, -0.25) is 9.88 Å². The van der Waals surface area contributed by atoms with Crippen LogP contribution < -0.4 is 10.6 Å². The Balaban J connectivity index is 1.79. The highest BCUT2D eigenvalue weighted by Gasteiger charge is 2.21. The SMILES string of the molecule is CC[C@H](F)CNc1ncc(-c2ccc(CN(C)CCF)cn2)c(NC2CCC(O)CC2)n1. The van der Waals surface area contributed by atoms with E-state index in [1.165, 1.54) is 0 Å². The summed E-state index contributed by atoms with van der Waals surface area (Å²) in [6.45, 7) is 2.57. The molecule has 0 aromatic carbocycles. The van der Waals surface area contributed by atoms with Gasteiger partial charge in [-0.25, -0.2) is 13.8 Å². The minimum Gasteiger partial charge on any atom is -0.393 e. The number of pyridine rings is 1. The Labute approximate surface area is 188 Å². The second-order valence-electron chi connectivity index (χ2n) is 8.47. The molecular weight excluding hydrogens is 414 g/mol. The van der Waals surface area contributed by atoms with Crippen LogP contribution in [0.15, 0.2) is 24.5 Å². The first-order chi connectivity index (χ1) is 15.5. The summed E-state index contributed by atoms with van der Waals surface area (Å²) >= 11 is 0. The first-order valence-corrected chi connectivity index (χ1v) is 11.4. The smallest absolute Gasteiger partial charge is 0.224 e. The van der Waals surface area contributed by atoms with E-state index in [-0.39, 0.29) is 25.4 Å². The van der Waals surface area contributed by atoms with Crippen LogP contribution in [0.4, 0.5) is 20.5 Å². The summed E-state index contributed by atoms with van der Waals surface area (Å²) in [4.78, 5) is 15.5. The zero-order valence-electron chi connectivity index (χ0n) is 18.9. The lowest BCUT2D eigenvalue weighted by Crippen LogP contribution is -2.29. The Morgan fingerprint density at radius 2 is 1.97 bits per heavy atom. The Bertz CT molecular complexity index is 830. The topological polar surface area (TPSA) is 86.2 Å². The molecule has 3 rings (SSSR count). The molecule has 0 radical (unpaired) electrons. The second-order valence-corrected chi connectivity index (χ2v) is 8.47. The van der Waals surface area contributed by atoms with Crippen molar-refractivity contribution in [2.45, 2.75) is 63.9 Å². The molecule has 1 atom stereocenters. The highest BCUT2D eigenvalue weighted by atomic mass is 19.1. The summed E-state index contributed by atoms with van der Waals surface area (Å²) in [6.07, 6.45) is 5.92. The van der Waals surface area contributed by atoms with Gasteiger partial charge in [0.2, 0.25) is 5.95 Å². The van der Waals surface area contributed by atoms with Gasteiger partial charge in [0.1, 0.15) is 18.7 Å². The van der Waals surface area contributed by atoms with Gasteiger partial charge in [0.25, 0.3) is 0 Å². The van der Waals surface area contributed by atoms with Gasteiger partial charge >= 0.3 is 0 Å². The summed E-state index contributed by atoms with van der Waals surface area (Å²) < 4.78 is 26.2. The number of nitrogens with zero attached hydrogens (tertiary/aromatic N) is 4. The molecule has 0 saturated heterocycles. The van der Waals surface area contributed by atoms with E-state index in [1.54, 1.807) is 19.3 Å². The molecule has 0 bridgehead atoms. The number of nitrogens with one attached hydrogen (secondary N) is 2. The Morgan fingerprint density at radius 1 is 1.19 bits per heavy atom. The molecule has 0 spiro atoms. The molecule has 2 heterocycles. The van der Waals surface area contributed by atoms with Crippen molar-refractivity contribution in [3.63, 3.8) is 0 Å². The first kappa shape index (κ1) is 24.3. The fraction of sp³-hybridized carbons (Fsp3) is 0.609. The van der Waals surface area contributed by atoms with E-state index < -0.39 is 6.17 Å². The number of rotatable bonds is 11. The number of alkyl halides is 2. The minimum atomic E-state index is -0.959. The molecule has 0 amide bonds. The van der Waals surface area contributed by atoms with Gasteiger partial charge in [0.15, 0.2) is 0 Å². The van der Waals surface area contributed by atoms with Crippen molar-refractivity contribution < 1.29 is 13.9 Å². The van der Waals surface area contributed by atoms with Crippen LogP contribution in [0.25, 0.3) is 11.3 Å². The van der Waals surface area contributed by atoms with Crippen LogP contribution in [0.1, 0.15) is 44.6 Å². The number of aliphatic hydroxyl groups excluding tert-OH is 1. The predicted molar refractivity (Wildman–Crippen MR) is 123 cm³/mol. The van der Waals surface area contributed by atoms with Gasteiger partial charge in [-0.1, -0.05) is 13.0 Å². The minimum absolute atomic E-state index is 0.157. The largest absolute Gasteiger partial charge is 0.393 e. The molecule has 1 aliphatic rings. The van der Waals surface area contributed by atoms with Gasteiger partial charge in [0, 0.05) is 38.1 Å². The summed E-state index contributed by atoms with van der Waals surface area (Å²) in [5, 5.41) is 16.3. The van der Waals surface area contributed by atoms with Crippen molar-refractivity contribution in [1.29, 1.82) is 0 Å². The van der Waals surface area contributed by atoms with Gasteiger partial charge in [-0.05, 0) is 50.8 Å². The number of halogens is 2. The van der Waals surface area contributed by atoms with Crippen molar-refractivity contribution >= 4 is 11.8 Å². The monoisotopic (exact) mass is 448 g/mol. The van der Waals surface area contributed by atoms with Crippen molar-refractivity contribution in [1.82, 2.24) is 19.9 Å². The fourth-order valence-electron chi connectivity index (χ4n) is 3.74. The second kappa shape index (κ2) is 12.0. The molecule has 176 valence electrons. The van der Waals surface area contributed by atoms with Crippen molar-refractivity contribution in [3.8, 4) is 11.3 Å². The molecule has 1 aliphatic carbocycles. The predicted octanol–water partition coefficient (Wildman–Crippen LogP) is 3.82. The standard InChI is InChI=1S/C23H34F2N6O/c1-3-17(25)13-27-23-28-14-20(22(30-23)29-18-5-7-19(32)8-6-18)21-9-4-16(12-26-21)15-31(2)11-10-24/h4,9,12,14,17-19,32H,3,5-8,10-11,13,15H2,1-2H3,(H2,27,28,29,30)/t17-,18?,19?/m0/s1. The lowest BCUT2D eigenvalue weighted by Gasteiger charge is -2.27. The lowest BCUT2D eigenvalue weighted by molar-refractivity contribution is 0.126. The van der Waals surface area contributed by atoms with Gasteiger partial charge in [-0.2, -0.15) is 4.98 Å². The first-order valence-electron chi connectivity index (χ1n) is 11.4. The van der Waals surface area contributed by atoms with Crippen LogP contribution in [0.5, 0.6) is 0 Å². The fourth-order valence-corrected chi connectivity index (χ4v) is 3.74. The maximum Gasteiger partial charge on any atom is 0.224 e. The number of anilines is 2. The molecule has 2 aromatic rings. The molecule has 32 heavy (non-hydrogen) atoms. The van der Waals surface area contributed by atoms with E-state index in [1.807, 2.05) is 24.1 Å². The van der Waals surface area contributed by atoms with Gasteiger partial charge in [-0.15, -0.1) is 0 Å². The lowest BCUT2D eigenvalue weighted by atomic mass is 9.93. The Kier molecular flexibility index (Phi) is 9.11. The third-order valence-corrected chi connectivity index (χ3v) is 5.77. The normalized spacial score (nSPS) is 19.7. The summed E-state index contributed by atoms with van der Waals surface area (Å²) in [6, 6.07) is 4.08. The average molecular weight is 449 g/mol. The molecular formula is C23H34F2N6O. The summed E-state index contributed by atoms with van der Waals surface area (Å²) in [5.41, 5.74) is 2.48. The Hall–Kier alpha value is -2.39. The molecule has 0 unspecified atom stereocenters. The Morgan fingerprint density at radius 3 is 2.62 bits per heavy atom. The summed E-state index contributed by atoms with van der Waals surface area (Å²) in [5.74, 6) is 1.01. The number of hydrogen-bond donors (Lipinski definition) is 3. The van der Waals surface area contributed by atoms with Crippen molar-refractivity contribution in [2.24, 2.45) is 0 Å². The number of aromatic nitrogens is 3. The van der Waals surface area contributed by atoms with Crippen molar-refractivity contribution in [3.05, 3.63) is 30.1 Å². The van der Waals surface area contributed by atoms with Crippen LogP contribution >= 0.6 is 0 Å². The highest BCUT2D eigenvalue weighted by Crippen LogP contribution is 2.29. The van der Waals surface area contributed by atoms with Gasteiger partial charge < -0.3 is 15.7 Å². The highest BCUT2D eigenvalue weighted by molar-refractivity contribution is 5.73. The van der Waals surface area contributed by atoms with E-state index in [2.05, 4.69) is 25.6 Å². The van der Waals surface area contributed by atoms with E-state index >= 15 is 0 Å². The van der Waals surface area contributed by atoms with Crippen molar-refractivity contribution in [2.75, 3.05) is 37.4 Å². The van der Waals surface area contributed by atoms with Crippen LogP contribution in [0.3, 0.4) is 0 Å². The molecule has 2 aromatic heterocycles. The van der Waals surface area contributed by atoms with Gasteiger partial charge in [0.05, 0.1) is 17.4 Å². The third-order valence-electron chi connectivity index (χ3n) is 5.77. The number of hydrogen-bond acceptors (Lipinski definition) is 7.